The third kappa shape index (κ3) is 6.20. The molecule has 200 valence electrons. The first kappa shape index (κ1) is 26.9. The number of nitrogens with two attached hydrogens (primary N) is 1. The maximum Gasteiger partial charge on any atom is 0.337 e. The fourth-order valence-corrected chi connectivity index (χ4v) is 4.45. The quantitative estimate of drug-likeness (QED) is 0.366. The molecule has 2 heterocycles. The summed E-state index contributed by atoms with van der Waals surface area (Å²) >= 11 is 0. The zero-order valence-electron chi connectivity index (χ0n) is 22.4. The SMILES string of the molecule is CCc1nc(C(N)=O)c(Nc2ccc(N3CCN(C)CC3)c(C)c2)nc1NCc1ccc(C(=O)OC)cc1. The Morgan fingerprint density at radius 2 is 1.74 bits per heavy atom. The van der Waals surface area contributed by atoms with E-state index < -0.39 is 5.91 Å². The first-order chi connectivity index (χ1) is 18.3. The van der Waals surface area contributed by atoms with Gasteiger partial charge in [0, 0.05) is 44.1 Å². The topological polar surface area (TPSA) is 126 Å². The summed E-state index contributed by atoms with van der Waals surface area (Å²) in [6.07, 6.45) is 0.565. The molecule has 1 aliphatic rings. The molecule has 0 aliphatic carbocycles. The predicted octanol–water partition coefficient (Wildman–Crippen LogP) is 3.34. The van der Waals surface area contributed by atoms with E-state index in [1.165, 1.54) is 12.8 Å². The number of primary amides is 1. The normalized spacial score (nSPS) is 13.7. The highest BCUT2D eigenvalue weighted by atomic mass is 16.5. The molecular formula is C28H35N7O3. The number of nitrogens with one attached hydrogen (secondary N) is 2. The van der Waals surface area contributed by atoms with Gasteiger partial charge in [-0.2, -0.15) is 0 Å². The van der Waals surface area contributed by atoms with E-state index in [2.05, 4.69) is 45.5 Å². The van der Waals surface area contributed by atoms with Crippen LogP contribution in [0.2, 0.25) is 0 Å². The first-order valence-corrected chi connectivity index (χ1v) is 12.7. The van der Waals surface area contributed by atoms with Crippen LogP contribution in [-0.2, 0) is 17.7 Å². The highest BCUT2D eigenvalue weighted by Crippen LogP contribution is 2.28. The number of carbonyl (C=O) groups is 2. The molecule has 1 aliphatic heterocycles. The Morgan fingerprint density at radius 3 is 2.34 bits per heavy atom. The molecule has 0 atom stereocenters. The summed E-state index contributed by atoms with van der Waals surface area (Å²) in [4.78, 5) is 37.9. The Balaban J connectivity index is 1.55. The molecule has 4 N–H and O–H groups in total. The zero-order chi connectivity index (χ0) is 27.2. The minimum absolute atomic E-state index is 0.0932. The smallest absolute Gasteiger partial charge is 0.337 e. The van der Waals surface area contributed by atoms with Crippen LogP contribution in [0.3, 0.4) is 0 Å². The summed E-state index contributed by atoms with van der Waals surface area (Å²) in [6, 6.07) is 13.2. The van der Waals surface area contributed by atoms with Crippen LogP contribution < -0.4 is 21.3 Å². The van der Waals surface area contributed by atoms with Crippen molar-refractivity contribution in [3.05, 3.63) is 70.5 Å². The highest BCUT2D eigenvalue weighted by Gasteiger charge is 2.19. The molecule has 0 spiro atoms. The number of benzene rings is 2. The first-order valence-electron chi connectivity index (χ1n) is 12.7. The average Bonchev–Trinajstić information content (AvgIpc) is 2.92. The largest absolute Gasteiger partial charge is 0.465 e. The molecule has 1 fully saturated rings. The van der Waals surface area contributed by atoms with Gasteiger partial charge in [-0.25, -0.2) is 14.8 Å². The number of esters is 1. The summed E-state index contributed by atoms with van der Waals surface area (Å²) < 4.78 is 4.76. The fourth-order valence-electron chi connectivity index (χ4n) is 4.45. The van der Waals surface area contributed by atoms with E-state index in [4.69, 9.17) is 15.5 Å². The number of hydrogen-bond acceptors (Lipinski definition) is 9. The molecule has 4 rings (SSSR count). The number of aromatic nitrogens is 2. The number of methoxy groups -OCH3 is 1. The van der Waals surface area contributed by atoms with Crippen LogP contribution in [0.1, 0.15) is 44.6 Å². The summed E-state index contributed by atoms with van der Waals surface area (Å²) in [7, 11) is 3.50. The number of ether oxygens (including phenoxy) is 1. The molecule has 0 unspecified atom stereocenters. The zero-order valence-corrected chi connectivity index (χ0v) is 22.4. The third-order valence-corrected chi connectivity index (χ3v) is 6.67. The fraction of sp³-hybridized carbons (Fsp3) is 0.357. The minimum atomic E-state index is -0.648. The van der Waals surface area contributed by atoms with E-state index in [0.29, 0.717) is 35.9 Å². The maximum atomic E-state index is 12.2. The van der Waals surface area contributed by atoms with Crippen molar-refractivity contribution in [3.8, 4) is 0 Å². The molecule has 3 aromatic rings. The summed E-state index contributed by atoms with van der Waals surface area (Å²) in [5.41, 5.74) is 11.0. The lowest BCUT2D eigenvalue weighted by Gasteiger charge is -2.35. The summed E-state index contributed by atoms with van der Waals surface area (Å²) in [5, 5.41) is 6.57. The second-order valence-electron chi connectivity index (χ2n) is 9.39. The van der Waals surface area contributed by atoms with Gasteiger partial charge in [0.15, 0.2) is 17.3 Å². The standard InChI is InChI=1S/C28H35N7O3/c1-5-22-26(30-17-19-6-8-20(9-7-19)28(37)38-4)33-27(24(32-22)25(29)36)31-21-10-11-23(18(2)16-21)35-14-12-34(3)13-15-35/h6-11,16H,5,12-15,17H2,1-4H3,(H2,29,36)(H2,30,31,33). The van der Waals surface area contributed by atoms with Crippen molar-refractivity contribution in [1.82, 2.24) is 14.9 Å². The highest BCUT2D eigenvalue weighted by molar-refractivity contribution is 5.96. The van der Waals surface area contributed by atoms with Gasteiger partial charge in [-0.05, 0) is 61.9 Å². The van der Waals surface area contributed by atoms with Crippen LogP contribution >= 0.6 is 0 Å². The maximum absolute atomic E-state index is 12.2. The molecule has 1 aromatic heterocycles. The van der Waals surface area contributed by atoms with Crippen molar-refractivity contribution in [2.75, 3.05) is 55.9 Å². The van der Waals surface area contributed by atoms with E-state index in [-0.39, 0.29) is 11.7 Å². The van der Waals surface area contributed by atoms with Crippen LogP contribution in [0.4, 0.5) is 23.0 Å². The lowest BCUT2D eigenvalue weighted by atomic mass is 10.1. The van der Waals surface area contributed by atoms with Crippen LogP contribution in [0.5, 0.6) is 0 Å². The van der Waals surface area contributed by atoms with Crippen molar-refractivity contribution in [3.63, 3.8) is 0 Å². The van der Waals surface area contributed by atoms with Gasteiger partial charge >= 0.3 is 5.97 Å². The Kier molecular flexibility index (Phi) is 8.42. The van der Waals surface area contributed by atoms with E-state index >= 15 is 0 Å². The number of likely N-dealkylation sites (N-methyl/N-ethyl adjacent to an activating group) is 1. The van der Waals surface area contributed by atoms with E-state index in [0.717, 1.165) is 43.0 Å². The minimum Gasteiger partial charge on any atom is -0.465 e. The van der Waals surface area contributed by atoms with Gasteiger partial charge < -0.3 is 30.9 Å². The summed E-state index contributed by atoms with van der Waals surface area (Å²) in [6.45, 7) is 8.52. The van der Waals surface area contributed by atoms with Crippen molar-refractivity contribution in [2.24, 2.45) is 5.73 Å². The molecule has 10 heteroatoms. The van der Waals surface area contributed by atoms with Crippen molar-refractivity contribution < 1.29 is 14.3 Å². The number of piperazine rings is 1. The van der Waals surface area contributed by atoms with Gasteiger partial charge in [0.05, 0.1) is 18.4 Å². The lowest BCUT2D eigenvalue weighted by molar-refractivity contribution is 0.0600. The van der Waals surface area contributed by atoms with Gasteiger partial charge in [0.25, 0.3) is 5.91 Å². The van der Waals surface area contributed by atoms with Crippen molar-refractivity contribution >= 4 is 34.9 Å². The number of amides is 1. The molecule has 38 heavy (non-hydrogen) atoms. The number of aryl methyl sites for hydroxylation is 2. The Bertz CT molecular complexity index is 1300. The predicted molar refractivity (Wildman–Crippen MR) is 149 cm³/mol. The molecule has 0 radical (unpaired) electrons. The Hall–Kier alpha value is -4.18. The van der Waals surface area contributed by atoms with Gasteiger partial charge in [-0.3, -0.25) is 4.79 Å². The number of rotatable bonds is 9. The van der Waals surface area contributed by atoms with Crippen LogP contribution in [0.15, 0.2) is 42.5 Å². The van der Waals surface area contributed by atoms with E-state index in [9.17, 15) is 9.59 Å². The van der Waals surface area contributed by atoms with Crippen LogP contribution in [-0.4, -0.2) is 67.1 Å². The second-order valence-corrected chi connectivity index (χ2v) is 9.39. The van der Waals surface area contributed by atoms with Crippen molar-refractivity contribution in [2.45, 2.75) is 26.8 Å². The number of carbonyl (C=O) groups excluding carboxylic acids is 2. The van der Waals surface area contributed by atoms with Gasteiger partial charge in [-0.1, -0.05) is 19.1 Å². The lowest BCUT2D eigenvalue weighted by Crippen LogP contribution is -2.44. The third-order valence-electron chi connectivity index (χ3n) is 6.67. The van der Waals surface area contributed by atoms with Gasteiger partial charge in [0.2, 0.25) is 0 Å². The van der Waals surface area contributed by atoms with Crippen LogP contribution in [0, 0.1) is 6.92 Å². The van der Waals surface area contributed by atoms with E-state index in [1.807, 2.05) is 31.2 Å². The average molecular weight is 518 g/mol. The molecule has 1 saturated heterocycles. The Morgan fingerprint density at radius 1 is 1.03 bits per heavy atom. The molecule has 10 nitrogen and oxygen atoms in total. The summed E-state index contributed by atoms with van der Waals surface area (Å²) in [5.74, 6) is -0.175. The van der Waals surface area contributed by atoms with Gasteiger partial charge in [0.1, 0.15) is 0 Å². The number of hydrogen-bond donors (Lipinski definition) is 3. The molecule has 0 saturated carbocycles. The number of anilines is 4. The van der Waals surface area contributed by atoms with Crippen molar-refractivity contribution in [1.29, 1.82) is 0 Å². The molecule has 2 aromatic carbocycles. The molecule has 0 bridgehead atoms. The van der Waals surface area contributed by atoms with E-state index in [1.54, 1.807) is 12.1 Å². The second kappa shape index (κ2) is 11.9. The number of nitrogens with zero attached hydrogens (tertiary/aromatic N) is 4. The monoisotopic (exact) mass is 517 g/mol. The molecule has 1 amide bonds. The Labute approximate surface area is 223 Å². The van der Waals surface area contributed by atoms with Gasteiger partial charge in [-0.15, -0.1) is 0 Å². The molecular weight excluding hydrogens is 482 g/mol. The van der Waals surface area contributed by atoms with Crippen LogP contribution in [0.25, 0.3) is 0 Å².